The third kappa shape index (κ3) is 8.56. The van der Waals surface area contributed by atoms with Gasteiger partial charge in [0.1, 0.15) is 29.6 Å². The first-order valence-electron chi connectivity index (χ1n) is 19.2. The quantitative estimate of drug-likeness (QED) is 0.109. The summed E-state index contributed by atoms with van der Waals surface area (Å²) in [5.74, 6) is -2.72. The number of pyridine rings is 1. The highest BCUT2D eigenvalue weighted by molar-refractivity contribution is 7.57. The summed E-state index contributed by atoms with van der Waals surface area (Å²) in [6.45, 7) is 5.81. The number of halogens is 1. The zero-order valence-corrected chi connectivity index (χ0v) is 34.0. The van der Waals surface area contributed by atoms with Crippen LogP contribution >= 0.6 is 18.9 Å². The van der Waals surface area contributed by atoms with E-state index in [0.29, 0.717) is 47.3 Å². The molecule has 57 heavy (non-hydrogen) atoms. The highest BCUT2D eigenvalue weighted by Gasteiger charge is 2.48. The van der Waals surface area contributed by atoms with Crippen LogP contribution < -0.4 is 19.7 Å². The Bertz CT molecular complexity index is 2180. The van der Waals surface area contributed by atoms with Crippen molar-refractivity contribution < 1.29 is 42.1 Å². The molecule has 3 fully saturated rings. The molecule has 2 aromatic carbocycles. The number of carbonyl (C=O) groups is 4. The van der Waals surface area contributed by atoms with Crippen LogP contribution in [0.4, 0.5) is 4.39 Å². The molecule has 3 aliphatic rings. The number of aromatic nitrogens is 1. The maximum Gasteiger partial charge on any atom is 0.355 e. The molecule has 2 N–H and O–H groups in total. The van der Waals surface area contributed by atoms with Gasteiger partial charge in [0.2, 0.25) is 17.7 Å². The lowest BCUT2D eigenvalue weighted by Crippen LogP contribution is -2.58. The predicted octanol–water partition coefficient (Wildman–Crippen LogP) is 6.74. The lowest BCUT2D eigenvalue weighted by atomic mass is 9.91. The molecule has 6 atom stereocenters. The van der Waals surface area contributed by atoms with Crippen LogP contribution in [0.15, 0.2) is 73.1 Å². The number of nitrogens with one attached hydrogen (secondary N) is 2. The maximum atomic E-state index is 16.5. The Balaban J connectivity index is 1.04. The van der Waals surface area contributed by atoms with E-state index in [1.165, 1.54) is 42.5 Å². The van der Waals surface area contributed by atoms with Crippen molar-refractivity contribution >= 4 is 52.6 Å². The number of likely N-dealkylation sites (tertiary alicyclic amines) is 1. The van der Waals surface area contributed by atoms with Crippen LogP contribution in [0.1, 0.15) is 85.5 Å². The summed E-state index contributed by atoms with van der Waals surface area (Å²) in [4.78, 5) is 62.3. The summed E-state index contributed by atoms with van der Waals surface area (Å²) < 4.78 is 47.9. The molecule has 5 heterocycles. The second-order valence-electron chi connectivity index (χ2n) is 15.1. The van der Waals surface area contributed by atoms with E-state index in [2.05, 4.69) is 15.4 Å². The minimum absolute atomic E-state index is 0.0197. The van der Waals surface area contributed by atoms with Gasteiger partial charge in [-0.25, -0.2) is 9.48 Å². The highest BCUT2D eigenvalue weighted by Crippen LogP contribution is 2.58. The van der Waals surface area contributed by atoms with Gasteiger partial charge in [-0.05, 0) is 100 Å². The van der Waals surface area contributed by atoms with Crippen LogP contribution in [0.2, 0.25) is 0 Å². The Morgan fingerprint density at radius 1 is 1.00 bits per heavy atom. The van der Waals surface area contributed by atoms with Crippen LogP contribution in [0.5, 0.6) is 11.5 Å². The minimum atomic E-state index is -4.45. The monoisotopic (exact) mass is 819 g/mol. The number of benzene rings is 2. The number of esters is 1. The van der Waals surface area contributed by atoms with Gasteiger partial charge >= 0.3 is 13.5 Å². The van der Waals surface area contributed by atoms with Crippen molar-refractivity contribution in [3.63, 3.8) is 0 Å². The molecule has 3 aliphatic heterocycles. The number of rotatable bonds is 13. The number of ether oxygens (including phenoxy) is 2. The average molecular weight is 820 g/mol. The van der Waals surface area contributed by atoms with E-state index in [0.717, 1.165) is 24.2 Å². The summed E-state index contributed by atoms with van der Waals surface area (Å²) in [7, 11) is -2.84. The maximum absolute atomic E-state index is 16.5. The largest absolute Gasteiger partial charge is 0.496 e. The number of fused-ring (bicyclic) bond motifs is 2. The second-order valence-corrected chi connectivity index (χ2v) is 18.3. The van der Waals surface area contributed by atoms with E-state index in [1.807, 2.05) is 0 Å². The Labute approximate surface area is 334 Å². The van der Waals surface area contributed by atoms with Crippen molar-refractivity contribution in [2.24, 2.45) is 0 Å². The molecule has 16 heteroatoms. The number of hydrogen-bond donors (Lipinski definition) is 2. The SMILES string of the molecule is COc1ccncc1C1CN(C(=O)[C@@H]2CC[C@@H]3CCC[C@H](NC(=O)c4cc5cc([C@@H](F)[P@@](=O)(N[C@@H](C)C(=O)OC(C)C)Oc6ccccc6)ccc5s4)C(=O)N32)C1. The molecule has 0 aliphatic carbocycles. The number of amides is 3. The minimum Gasteiger partial charge on any atom is -0.496 e. The van der Waals surface area contributed by atoms with Gasteiger partial charge in [-0.15, -0.1) is 11.3 Å². The van der Waals surface area contributed by atoms with E-state index in [9.17, 15) is 23.7 Å². The van der Waals surface area contributed by atoms with E-state index < -0.39 is 49.5 Å². The first-order valence-corrected chi connectivity index (χ1v) is 21.8. The van der Waals surface area contributed by atoms with Gasteiger partial charge in [0.15, 0.2) is 0 Å². The summed E-state index contributed by atoms with van der Waals surface area (Å²) in [6.07, 6.45) is 6.20. The van der Waals surface area contributed by atoms with Gasteiger partial charge in [-0.2, -0.15) is 0 Å². The zero-order valence-electron chi connectivity index (χ0n) is 32.3. The van der Waals surface area contributed by atoms with Crippen molar-refractivity contribution in [2.45, 2.75) is 95.0 Å². The van der Waals surface area contributed by atoms with Crippen molar-refractivity contribution in [2.75, 3.05) is 20.2 Å². The lowest BCUT2D eigenvalue weighted by Gasteiger charge is -2.42. The Kier molecular flexibility index (Phi) is 12.0. The smallest absolute Gasteiger partial charge is 0.355 e. The third-order valence-corrected chi connectivity index (χ3v) is 14.0. The van der Waals surface area contributed by atoms with Gasteiger partial charge in [-0.1, -0.05) is 24.3 Å². The molecule has 13 nitrogen and oxygen atoms in total. The molecule has 0 unspecified atom stereocenters. The molecule has 7 rings (SSSR count). The summed E-state index contributed by atoms with van der Waals surface area (Å²) >= 11 is 1.18. The first-order chi connectivity index (χ1) is 27.3. The molecule has 4 aromatic rings. The van der Waals surface area contributed by atoms with Gasteiger partial charge in [0.05, 0.1) is 18.1 Å². The topological polar surface area (TPSA) is 156 Å². The first kappa shape index (κ1) is 40.4. The molecule has 0 radical (unpaired) electrons. The summed E-state index contributed by atoms with van der Waals surface area (Å²) in [5.41, 5.74) is 0.972. The standard InChI is InChI=1S/C41H47FN5O8PS/c1-24(2)54-41(51)25(3)45-56(52,55-30-10-6-5-7-11-30)37(42)26-13-16-35-27(19-26)20-36(57-35)38(48)44-32-12-8-9-29-14-15-33(47(29)39(32)49)40(50)46-22-28(23-46)31-21-43-18-17-34(31)53-4/h5-7,10-11,13,16-21,24-25,28-29,32-33,37H,8-9,12,14-15,22-23H2,1-4H3,(H,44,48)(H,45,52)/t25-,29-,32-,33-,37-,56-/m0/s1. The lowest BCUT2D eigenvalue weighted by molar-refractivity contribution is -0.149. The number of nitrogens with zero attached hydrogens (tertiary/aromatic N) is 3. The van der Waals surface area contributed by atoms with Crippen molar-refractivity contribution in [1.29, 1.82) is 0 Å². The molecule has 3 amide bonds. The second kappa shape index (κ2) is 16.9. The number of carbonyl (C=O) groups excluding carboxylic acids is 4. The molecule has 0 saturated carbocycles. The average Bonchev–Trinajstić information content (AvgIpc) is 3.77. The molecule has 0 bridgehead atoms. The number of thiophene rings is 1. The Morgan fingerprint density at radius 3 is 2.51 bits per heavy atom. The van der Waals surface area contributed by atoms with Gasteiger partial charge in [0.25, 0.3) is 5.91 Å². The van der Waals surface area contributed by atoms with Crippen LogP contribution in [0.25, 0.3) is 10.1 Å². The number of hydrogen-bond acceptors (Lipinski definition) is 10. The zero-order chi connectivity index (χ0) is 40.4. The van der Waals surface area contributed by atoms with E-state index in [4.69, 9.17) is 14.0 Å². The van der Waals surface area contributed by atoms with Crippen molar-refractivity contribution in [3.05, 3.63) is 89.1 Å². The predicted molar refractivity (Wildman–Crippen MR) is 213 cm³/mol. The van der Waals surface area contributed by atoms with Crippen LogP contribution in [0, 0.1) is 0 Å². The summed E-state index contributed by atoms with van der Waals surface area (Å²) in [5, 5.41) is 6.04. The van der Waals surface area contributed by atoms with Crippen LogP contribution in [0.3, 0.4) is 0 Å². The number of para-hydroxylation sites is 1. The van der Waals surface area contributed by atoms with E-state index in [-0.39, 0.29) is 35.1 Å². The van der Waals surface area contributed by atoms with Crippen LogP contribution in [-0.4, -0.2) is 88.9 Å². The van der Waals surface area contributed by atoms with Crippen LogP contribution in [-0.2, 0) is 23.7 Å². The molecular weight excluding hydrogens is 773 g/mol. The molecule has 2 aromatic heterocycles. The molecule has 3 saturated heterocycles. The number of alkyl halides is 1. The third-order valence-electron chi connectivity index (χ3n) is 10.7. The van der Waals surface area contributed by atoms with Crippen molar-refractivity contribution in [3.8, 4) is 11.5 Å². The molecular formula is C41H47FN5O8PS. The van der Waals surface area contributed by atoms with Gasteiger partial charge < -0.3 is 29.1 Å². The van der Waals surface area contributed by atoms with E-state index >= 15 is 4.39 Å². The fourth-order valence-electron chi connectivity index (χ4n) is 7.87. The van der Waals surface area contributed by atoms with Crippen molar-refractivity contribution in [1.82, 2.24) is 25.2 Å². The van der Waals surface area contributed by atoms with E-state index in [1.54, 1.807) is 79.5 Å². The van der Waals surface area contributed by atoms with Gasteiger partial charge in [0, 0.05) is 47.7 Å². The van der Waals surface area contributed by atoms with Gasteiger partial charge in [-0.3, -0.25) is 28.7 Å². The Hall–Kier alpha value is -4.85. The normalized spacial score (nSPS) is 21.9. The molecule has 302 valence electrons. The number of methoxy groups -OCH3 is 1. The Morgan fingerprint density at radius 2 is 1.77 bits per heavy atom. The molecule has 0 spiro atoms. The fourth-order valence-corrected chi connectivity index (χ4v) is 10.7. The fraction of sp³-hybridized carbons (Fsp3) is 0.439. The summed E-state index contributed by atoms with van der Waals surface area (Å²) in [6, 6.07) is 13.5. The highest BCUT2D eigenvalue weighted by atomic mass is 32.1.